The molecule has 3 rings (SSSR count). The number of aromatic carboxylic acids is 1. The summed E-state index contributed by atoms with van der Waals surface area (Å²) in [5.41, 5.74) is 1.85. The molecule has 29 heavy (non-hydrogen) atoms. The van der Waals surface area contributed by atoms with E-state index < -0.39 is 16.0 Å². The predicted octanol–water partition coefficient (Wildman–Crippen LogP) is 4.73. The number of anilines is 1. The van der Waals surface area contributed by atoms with E-state index in [1.165, 1.54) is 30.3 Å². The van der Waals surface area contributed by atoms with Crippen molar-refractivity contribution in [1.82, 2.24) is 0 Å². The van der Waals surface area contributed by atoms with E-state index >= 15 is 0 Å². The number of nitrogens with one attached hydrogen (secondary N) is 1. The largest absolute Gasteiger partial charge is 0.489 e. The van der Waals surface area contributed by atoms with Gasteiger partial charge in [0.05, 0.1) is 16.1 Å². The average Bonchev–Trinajstić information content (AvgIpc) is 2.69. The fraction of sp³-hybridized carbons (Fsp3) is 0.0952. The minimum absolute atomic E-state index is 0.0218. The number of ether oxygens (including phenoxy) is 1. The Labute approximate surface area is 173 Å². The normalized spacial score (nSPS) is 11.1. The van der Waals surface area contributed by atoms with Gasteiger partial charge < -0.3 is 9.84 Å². The van der Waals surface area contributed by atoms with E-state index in [9.17, 15) is 18.3 Å². The molecule has 150 valence electrons. The van der Waals surface area contributed by atoms with Crippen LogP contribution in [0.1, 0.15) is 21.5 Å². The second kappa shape index (κ2) is 8.55. The molecule has 2 N–H and O–H groups in total. The molecule has 3 aromatic rings. The van der Waals surface area contributed by atoms with Crippen molar-refractivity contribution in [2.24, 2.45) is 0 Å². The van der Waals surface area contributed by atoms with E-state index in [1.807, 2.05) is 31.2 Å². The summed E-state index contributed by atoms with van der Waals surface area (Å²) < 4.78 is 33.2. The van der Waals surface area contributed by atoms with Crippen molar-refractivity contribution >= 4 is 33.3 Å². The van der Waals surface area contributed by atoms with E-state index in [0.717, 1.165) is 11.1 Å². The molecule has 0 aromatic heterocycles. The van der Waals surface area contributed by atoms with Crippen LogP contribution in [0.4, 0.5) is 5.69 Å². The Kier molecular flexibility index (Phi) is 6.10. The highest BCUT2D eigenvalue weighted by Gasteiger charge is 2.19. The van der Waals surface area contributed by atoms with E-state index in [-0.39, 0.29) is 21.2 Å². The second-order valence-electron chi connectivity index (χ2n) is 6.35. The van der Waals surface area contributed by atoms with Gasteiger partial charge in [0.2, 0.25) is 0 Å². The Morgan fingerprint density at radius 2 is 1.69 bits per heavy atom. The van der Waals surface area contributed by atoms with Crippen molar-refractivity contribution in [2.45, 2.75) is 18.4 Å². The highest BCUT2D eigenvalue weighted by molar-refractivity contribution is 7.92. The molecule has 3 aromatic carbocycles. The van der Waals surface area contributed by atoms with Crippen molar-refractivity contribution in [2.75, 3.05) is 4.72 Å². The molecule has 0 heterocycles. The van der Waals surface area contributed by atoms with Crippen molar-refractivity contribution in [3.05, 3.63) is 88.4 Å². The number of hydrogen-bond acceptors (Lipinski definition) is 4. The summed E-state index contributed by atoms with van der Waals surface area (Å²) in [4.78, 5) is 11.3. The zero-order valence-corrected chi connectivity index (χ0v) is 17.0. The molecule has 0 aliphatic carbocycles. The summed E-state index contributed by atoms with van der Waals surface area (Å²) in [5.74, 6) is -0.771. The van der Waals surface area contributed by atoms with Gasteiger partial charge in [-0.15, -0.1) is 0 Å². The fourth-order valence-corrected chi connectivity index (χ4v) is 3.80. The molecule has 0 saturated heterocycles. The van der Waals surface area contributed by atoms with E-state index in [2.05, 4.69) is 4.72 Å². The molecule has 0 unspecified atom stereocenters. The SMILES string of the molecule is Cc1ccc(COc2ccc(S(=O)(=O)Nc3ccc(Cl)cc3C(=O)O)cc2)cc1. The first kappa shape index (κ1) is 20.7. The number of carbonyl (C=O) groups is 1. The quantitative estimate of drug-likeness (QED) is 0.564. The lowest BCUT2D eigenvalue weighted by Crippen LogP contribution is -2.15. The Morgan fingerprint density at radius 3 is 2.31 bits per heavy atom. The van der Waals surface area contributed by atoms with Gasteiger partial charge in [-0.2, -0.15) is 0 Å². The Morgan fingerprint density at radius 1 is 1.03 bits per heavy atom. The van der Waals surface area contributed by atoms with Crippen LogP contribution in [0, 0.1) is 6.92 Å². The summed E-state index contributed by atoms with van der Waals surface area (Å²) in [7, 11) is -3.98. The Bertz CT molecular complexity index is 1130. The third kappa shape index (κ3) is 5.28. The van der Waals surface area contributed by atoms with Gasteiger partial charge in [0.1, 0.15) is 12.4 Å². The zero-order chi connectivity index (χ0) is 21.0. The number of carboxylic acid groups (broad SMARTS) is 1. The topological polar surface area (TPSA) is 92.7 Å². The number of sulfonamides is 1. The van der Waals surface area contributed by atoms with E-state index in [1.54, 1.807) is 12.1 Å². The summed E-state index contributed by atoms with van der Waals surface area (Å²) in [6.45, 7) is 2.36. The van der Waals surface area contributed by atoms with Crippen molar-refractivity contribution in [3.63, 3.8) is 0 Å². The third-order valence-electron chi connectivity index (χ3n) is 4.12. The van der Waals surface area contributed by atoms with Crippen molar-refractivity contribution < 1.29 is 23.1 Å². The van der Waals surface area contributed by atoms with Crippen LogP contribution in [-0.4, -0.2) is 19.5 Å². The lowest BCUT2D eigenvalue weighted by Gasteiger charge is -2.12. The zero-order valence-electron chi connectivity index (χ0n) is 15.4. The van der Waals surface area contributed by atoms with Gasteiger partial charge in [0.15, 0.2) is 0 Å². The molecule has 0 aliphatic heterocycles. The minimum Gasteiger partial charge on any atom is -0.489 e. The molecule has 8 heteroatoms. The fourth-order valence-electron chi connectivity index (χ4n) is 2.55. The maximum Gasteiger partial charge on any atom is 0.337 e. The van der Waals surface area contributed by atoms with Gasteiger partial charge in [0.25, 0.3) is 10.0 Å². The van der Waals surface area contributed by atoms with Gasteiger partial charge in [-0.25, -0.2) is 13.2 Å². The van der Waals surface area contributed by atoms with Crippen LogP contribution in [0.5, 0.6) is 5.75 Å². The molecule has 0 amide bonds. The standard InChI is InChI=1S/C21H18ClNO5S/c1-14-2-4-15(5-3-14)13-28-17-7-9-18(10-8-17)29(26,27)23-20-11-6-16(22)12-19(20)21(24)25/h2-12,23H,13H2,1H3,(H,24,25). The smallest absolute Gasteiger partial charge is 0.337 e. The van der Waals surface area contributed by atoms with Gasteiger partial charge in [-0.3, -0.25) is 4.72 Å². The van der Waals surface area contributed by atoms with Crippen LogP contribution in [0.2, 0.25) is 5.02 Å². The predicted molar refractivity (Wildman–Crippen MR) is 111 cm³/mol. The van der Waals surface area contributed by atoms with Crippen LogP contribution >= 0.6 is 11.6 Å². The van der Waals surface area contributed by atoms with Crippen molar-refractivity contribution in [3.8, 4) is 5.75 Å². The Balaban J connectivity index is 1.73. The van der Waals surface area contributed by atoms with E-state index in [4.69, 9.17) is 16.3 Å². The molecular weight excluding hydrogens is 414 g/mol. The van der Waals surface area contributed by atoms with Crippen LogP contribution in [0.3, 0.4) is 0 Å². The first-order valence-electron chi connectivity index (χ1n) is 8.59. The van der Waals surface area contributed by atoms with Crippen LogP contribution in [0.15, 0.2) is 71.6 Å². The van der Waals surface area contributed by atoms with E-state index in [0.29, 0.717) is 12.4 Å². The second-order valence-corrected chi connectivity index (χ2v) is 8.47. The molecule has 6 nitrogen and oxygen atoms in total. The number of benzene rings is 3. The summed E-state index contributed by atoms with van der Waals surface area (Å²) in [5, 5.41) is 9.45. The van der Waals surface area contributed by atoms with Gasteiger partial charge in [0, 0.05) is 5.02 Å². The molecule has 0 fully saturated rings. The molecule has 0 bridgehead atoms. The molecule has 0 spiro atoms. The molecule has 0 saturated carbocycles. The van der Waals surface area contributed by atoms with Crippen LogP contribution < -0.4 is 9.46 Å². The maximum absolute atomic E-state index is 12.6. The highest BCUT2D eigenvalue weighted by atomic mass is 35.5. The van der Waals surface area contributed by atoms with Gasteiger partial charge in [-0.05, 0) is 55.0 Å². The van der Waals surface area contributed by atoms with Gasteiger partial charge in [-0.1, -0.05) is 41.4 Å². The number of hydrogen-bond donors (Lipinski definition) is 2. The van der Waals surface area contributed by atoms with Gasteiger partial charge >= 0.3 is 5.97 Å². The number of aryl methyl sites for hydroxylation is 1. The summed E-state index contributed by atoms with van der Waals surface area (Å²) in [6.07, 6.45) is 0. The first-order chi connectivity index (χ1) is 13.7. The number of rotatable bonds is 7. The summed E-state index contributed by atoms with van der Waals surface area (Å²) in [6, 6.07) is 17.7. The monoisotopic (exact) mass is 431 g/mol. The average molecular weight is 432 g/mol. The molecule has 0 radical (unpaired) electrons. The lowest BCUT2D eigenvalue weighted by atomic mass is 10.2. The number of halogens is 1. The van der Waals surface area contributed by atoms with Crippen LogP contribution in [-0.2, 0) is 16.6 Å². The highest BCUT2D eigenvalue weighted by Crippen LogP contribution is 2.25. The molecule has 0 atom stereocenters. The first-order valence-corrected chi connectivity index (χ1v) is 10.4. The maximum atomic E-state index is 12.6. The molecular formula is C21H18ClNO5S. The molecule has 0 aliphatic rings. The lowest BCUT2D eigenvalue weighted by molar-refractivity contribution is 0.0698. The number of carboxylic acids is 1. The third-order valence-corrected chi connectivity index (χ3v) is 5.73. The minimum atomic E-state index is -3.98. The van der Waals surface area contributed by atoms with Crippen LogP contribution in [0.25, 0.3) is 0 Å². The van der Waals surface area contributed by atoms with Crippen molar-refractivity contribution in [1.29, 1.82) is 0 Å². The summed E-state index contributed by atoms with van der Waals surface area (Å²) >= 11 is 5.79. The Hall–Kier alpha value is -3.03.